The molecular formula is C24H15I2NO4. The number of carbonyl (C=O) groups excluding carboxylic acids is 2. The average Bonchev–Trinajstić information content (AvgIpc) is 3.11. The first-order valence-corrected chi connectivity index (χ1v) is 11.4. The minimum atomic E-state index is -0.497. The van der Waals surface area contributed by atoms with Gasteiger partial charge in [-0.15, -0.1) is 0 Å². The number of halogens is 2. The Morgan fingerprint density at radius 1 is 1.00 bits per heavy atom. The zero-order valence-corrected chi connectivity index (χ0v) is 20.6. The van der Waals surface area contributed by atoms with E-state index in [-0.39, 0.29) is 5.70 Å². The summed E-state index contributed by atoms with van der Waals surface area (Å²) < 4.78 is 12.5. The summed E-state index contributed by atoms with van der Waals surface area (Å²) in [6, 6.07) is 20.1. The van der Waals surface area contributed by atoms with E-state index in [2.05, 4.69) is 50.2 Å². The van der Waals surface area contributed by atoms with Gasteiger partial charge in [-0.25, -0.2) is 14.6 Å². The third-order valence-corrected chi connectivity index (χ3v) is 6.13. The van der Waals surface area contributed by atoms with Crippen molar-refractivity contribution in [2.45, 2.75) is 6.92 Å². The SMILES string of the molecule is Cc1ccccc1C1=N/C(=C\c2cc(I)c(OC(=O)c3ccccc3)c(I)c2)C(=O)O1. The van der Waals surface area contributed by atoms with Crippen molar-refractivity contribution in [3.05, 3.63) is 102 Å². The Balaban J connectivity index is 1.61. The van der Waals surface area contributed by atoms with Crippen LogP contribution in [-0.4, -0.2) is 17.8 Å². The average molecular weight is 635 g/mol. The number of nitrogens with zero attached hydrogens (tertiary/aromatic N) is 1. The molecule has 7 heteroatoms. The first-order valence-electron chi connectivity index (χ1n) is 9.27. The molecule has 154 valence electrons. The fourth-order valence-corrected chi connectivity index (χ4v) is 5.02. The number of ether oxygens (including phenoxy) is 2. The fraction of sp³-hybridized carbons (Fsp3) is 0.0417. The van der Waals surface area contributed by atoms with E-state index in [1.54, 1.807) is 30.3 Å². The topological polar surface area (TPSA) is 65.0 Å². The zero-order valence-electron chi connectivity index (χ0n) is 16.3. The van der Waals surface area contributed by atoms with Crippen LogP contribution in [-0.2, 0) is 9.53 Å². The molecule has 1 aliphatic heterocycles. The number of hydrogen-bond acceptors (Lipinski definition) is 5. The van der Waals surface area contributed by atoms with Gasteiger partial charge in [-0.1, -0.05) is 36.4 Å². The van der Waals surface area contributed by atoms with E-state index >= 15 is 0 Å². The Bertz CT molecular complexity index is 1230. The van der Waals surface area contributed by atoms with Crippen LogP contribution in [0.5, 0.6) is 5.75 Å². The normalized spacial score (nSPS) is 14.4. The van der Waals surface area contributed by atoms with Crippen molar-refractivity contribution in [2.24, 2.45) is 4.99 Å². The monoisotopic (exact) mass is 635 g/mol. The van der Waals surface area contributed by atoms with Gasteiger partial charge >= 0.3 is 11.9 Å². The van der Waals surface area contributed by atoms with Gasteiger partial charge in [-0.2, -0.15) is 0 Å². The minimum absolute atomic E-state index is 0.221. The molecule has 0 atom stereocenters. The molecule has 0 saturated carbocycles. The van der Waals surface area contributed by atoms with Gasteiger partial charge in [-0.05, 0) is 99.6 Å². The summed E-state index contributed by atoms with van der Waals surface area (Å²) in [5.41, 5.74) is 3.22. The number of carbonyl (C=O) groups is 2. The maximum absolute atomic E-state index is 12.4. The quantitative estimate of drug-likeness (QED) is 0.158. The number of aliphatic imine (C=N–C) groups is 1. The van der Waals surface area contributed by atoms with Crippen molar-refractivity contribution in [3.63, 3.8) is 0 Å². The molecule has 5 nitrogen and oxygen atoms in total. The van der Waals surface area contributed by atoms with Gasteiger partial charge < -0.3 is 9.47 Å². The Morgan fingerprint density at radius 3 is 2.32 bits per heavy atom. The van der Waals surface area contributed by atoms with Crippen molar-refractivity contribution >= 4 is 69.1 Å². The predicted molar refractivity (Wildman–Crippen MR) is 135 cm³/mol. The van der Waals surface area contributed by atoms with E-state index in [4.69, 9.17) is 9.47 Å². The van der Waals surface area contributed by atoms with Crippen LogP contribution < -0.4 is 4.74 Å². The molecule has 0 unspecified atom stereocenters. The predicted octanol–water partition coefficient (Wildman–Crippen LogP) is 5.77. The second-order valence-electron chi connectivity index (χ2n) is 6.72. The van der Waals surface area contributed by atoms with Gasteiger partial charge in [0.2, 0.25) is 5.90 Å². The molecule has 0 aliphatic carbocycles. The van der Waals surface area contributed by atoms with E-state index in [9.17, 15) is 9.59 Å². The maximum atomic E-state index is 12.4. The third kappa shape index (κ3) is 4.87. The van der Waals surface area contributed by atoms with Crippen LogP contribution in [0, 0.1) is 14.1 Å². The molecule has 0 N–H and O–H groups in total. The molecule has 4 rings (SSSR count). The number of aryl methyl sites for hydroxylation is 1. The molecule has 0 amide bonds. The van der Waals surface area contributed by atoms with Crippen LogP contribution in [0.4, 0.5) is 0 Å². The van der Waals surface area contributed by atoms with Gasteiger partial charge in [0.05, 0.1) is 12.7 Å². The Labute approximate surface area is 206 Å². The van der Waals surface area contributed by atoms with E-state index < -0.39 is 11.9 Å². The lowest BCUT2D eigenvalue weighted by Crippen LogP contribution is -2.10. The van der Waals surface area contributed by atoms with Crippen molar-refractivity contribution in [3.8, 4) is 5.75 Å². The molecule has 0 spiro atoms. The highest BCUT2D eigenvalue weighted by molar-refractivity contribution is 14.1. The Morgan fingerprint density at radius 2 is 1.65 bits per heavy atom. The minimum Gasteiger partial charge on any atom is -0.421 e. The Kier molecular flexibility index (Phi) is 6.51. The van der Waals surface area contributed by atoms with Crippen LogP contribution in [0.1, 0.15) is 27.0 Å². The summed E-state index contributed by atoms with van der Waals surface area (Å²) in [4.78, 5) is 29.1. The van der Waals surface area contributed by atoms with Crippen LogP contribution >= 0.6 is 45.2 Å². The highest BCUT2D eigenvalue weighted by Gasteiger charge is 2.25. The molecule has 0 radical (unpaired) electrons. The molecule has 3 aromatic rings. The molecule has 0 aromatic heterocycles. The molecule has 1 aliphatic rings. The lowest BCUT2D eigenvalue weighted by Gasteiger charge is -2.10. The van der Waals surface area contributed by atoms with Crippen LogP contribution in [0.3, 0.4) is 0 Å². The van der Waals surface area contributed by atoms with E-state index in [1.807, 2.05) is 49.4 Å². The summed E-state index contributed by atoms with van der Waals surface area (Å²) in [6.07, 6.45) is 1.67. The molecule has 0 saturated heterocycles. The van der Waals surface area contributed by atoms with Crippen molar-refractivity contribution < 1.29 is 19.1 Å². The summed E-state index contributed by atoms with van der Waals surface area (Å²) >= 11 is 4.22. The molecule has 1 heterocycles. The largest absolute Gasteiger partial charge is 0.421 e. The van der Waals surface area contributed by atoms with E-state index in [0.717, 1.165) is 23.8 Å². The van der Waals surface area contributed by atoms with Gasteiger partial charge in [-0.3, -0.25) is 0 Å². The number of benzene rings is 3. The zero-order chi connectivity index (χ0) is 22.0. The molecule has 0 bridgehead atoms. The number of esters is 2. The highest BCUT2D eigenvalue weighted by atomic mass is 127. The standard InChI is InChI=1S/C24H15I2NO4/c1-14-7-5-6-10-17(14)22-27-20(24(29)31-22)13-15-11-18(25)21(19(26)12-15)30-23(28)16-8-3-2-4-9-16/h2-13H,1H3/b20-13-. The van der Waals surface area contributed by atoms with E-state index in [0.29, 0.717) is 17.2 Å². The first kappa shape index (κ1) is 21.7. The lowest BCUT2D eigenvalue weighted by atomic mass is 10.1. The second kappa shape index (κ2) is 9.31. The van der Waals surface area contributed by atoms with Crippen molar-refractivity contribution in [1.82, 2.24) is 0 Å². The summed E-state index contributed by atoms with van der Waals surface area (Å²) in [5.74, 6) is -0.139. The van der Waals surface area contributed by atoms with Gasteiger partial charge in [0.25, 0.3) is 0 Å². The van der Waals surface area contributed by atoms with Crippen LogP contribution in [0.25, 0.3) is 6.08 Å². The smallest absolute Gasteiger partial charge is 0.363 e. The molecular weight excluding hydrogens is 620 g/mol. The van der Waals surface area contributed by atoms with Crippen LogP contribution in [0.2, 0.25) is 0 Å². The van der Waals surface area contributed by atoms with Crippen LogP contribution in [0.15, 0.2) is 77.4 Å². The maximum Gasteiger partial charge on any atom is 0.363 e. The number of hydrogen-bond donors (Lipinski definition) is 0. The van der Waals surface area contributed by atoms with Gasteiger partial charge in [0.1, 0.15) is 0 Å². The summed E-state index contributed by atoms with van der Waals surface area (Å²) in [6.45, 7) is 1.94. The molecule has 0 fully saturated rings. The van der Waals surface area contributed by atoms with Gasteiger partial charge in [0.15, 0.2) is 11.4 Å². The van der Waals surface area contributed by atoms with Crippen molar-refractivity contribution in [2.75, 3.05) is 0 Å². The third-order valence-electron chi connectivity index (χ3n) is 4.52. The fourth-order valence-electron chi connectivity index (χ4n) is 2.98. The Hall–Kier alpha value is -2.53. The molecule has 3 aromatic carbocycles. The summed E-state index contributed by atoms with van der Waals surface area (Å²) in [7, 11) is 0. The number of rotatable bonds is 4. The first-order chi connectivity index (χ1) is 14.9. The second-order valence-corrected chi connectivity index (χ2v) is 9.04. The van der Waals surface area contributed by atoms with E-state index in [1.165, 1.54) is 0 Å². The lowest BCUT2D eigenvalue weighted by molar-refractivity contribution is -0.129. The highest BCUT2D eigenvalue weighted by Crippen LogP contribution is 2.31. The molecule has 31 heavy (non-hydrogen) atoms. The van der Waals surface area contributed by atoms with Crippen molar-refractivity contribution in [1.29, 1.82) is 0 Å². The van der Waals surface area contributed by atoms with Gasteiger partial charge in [0, 0.05) is 5.56 Å². The number of cyclic esters (lactones) is 1. The summed E-state index contributed by atoms with van der Waals surface area (Å²) in [5, 5.41) is 0.